The highest BCUT2D eigenvalue weighted by molar-refractivity contribution is 5.87. The highest BCUT2D eigenvalue weighted by atomic mass is 16.5. The molecule has 0 spiro atoms. The van der Waals surface area contributed by atoms with E-state index in [0.717, 1.165) is 50.8 Å². The van der Waals surface area contributed by atoms with Crippen LogP contribution >= 0.6 is 0 Å². The number of rotatable bonds is 6. The lowest BCUT2D eigenvalue weighted by Crippen LogP contribution is -2.44. The lowest BCUT2D eigenvalue weighted by Gasteiger charge is -2.50. The van der Waals surface area contributed by atoms with Gasteiger partial charge in [-0.2, -0.15) is 0 Å². The van der Waals surface area contributed by atoms with Crippen molar-refractivity contribution in [2.75, 3.05) is 7.11 Å². The van der Waals surface area contributed by atoms with Crippen LogP contribution in [0.25, 0.3) is 0 Å². The minimum Gasteiger partial charge on any atom is -0.497 e. The summed E-state index contributed by atoms with van der Waals surface area (Å²) in [6.45, 7) is 3.21. The highest BCUT2D eigenvalue weighted by Gasteiger charge is 2.58. The fraction of sp³-hybridized carbons (Fsp3) is 0.667. The Bertz CT molecular complexity index is 1030. The number of benzene rings is 1. The van der Waals surface area contributed by atoms with Gasteiger partial charge in [-0.25, -0.2) is 0 Å². The first-order valence-corrected chi connectivity index (χ1v) is 12.7. The number of aryl methyl sites for hydroxylation is 2. The molecule has 4 aliphatic carbocycles. The van der Waals surface area contributed by atoms with Gasteiger partial charge in [0, 0.05) is 30.5 Å². The lowest BCUT2D eigenvalue weighted by molar-refractivity contribution is -0.129. The molecule has 1 aromatic carbocycles. The zero-order valence-corrected chi connectivity index (χ0v) is 19.4. The third-order valence-corrected chi connectivity index (χ3v) is 9.29. The Balaban J connectivity index is 1.19. The van der Waals surface area contributed by atoms with Gasteiger partial charge in [0.25, 0.3) is 0 Å². The number of Topliss-reactive ketones (excluding diaryl/α,β-unsaturated/α-hetero) is 1. The highest BCUT2D eigenvalue weighted by Crippen LogP contribution is 2.62. The molecule has 5 atom stereocenters. The third kappa shape index (κ3) is 3.31. The molecule has 4 aliphatic rings. The van der Waals surface area contributed by atoms with Crippen LogP contribution in [-0.2, 0) is 17.8 Å². The van der Waals surface area contributed by atoms with Crippen molar-refractivity contribution in [1.29, 1.82) is 0 Å². The fourth-order valence-corrected chi connectivity index (χ4v) is 7.51. The molecular formula is C27H35N3O2. The summed E-state index contributed by atoms with van der Waals surface area (Å²) in [4.78, 5) is 13.2. The second-order valence-corrected chi connectivity index (χ2v) is 11.1. The van der Waals surface area contributed by atoms with Crippen LogP contribution in [0.4, 0.5) is 0 Å². The third-order valence-electron chi connectivity index (χ3n) is 9.29. The molecule has 0 N–H and O–H groups in total. The summed E-state index contributed by atoms with van der Waals surface area (Å²) in [5.74, 6) is 4.45. The molecule has 0 aliphatic heterocycles. The molecule has 170 valence electrons. The van der Waals surface area contributed by atoms with Gasteiger partial charge in [-0.3, -0.25) is 9.48 Å². The van der Waals surface area contributed by atoms with Gasteiger partial charge in [0.1, 0.15) is 11.5 Å². The SMILES string of the molecule is COc1ccc2c(c1)CC[C@@H]1[C@@H]2CC[C@]2(C)C(=O)CC(CCCn3cc(C4CC4)nn3)[C@@H]12. The Kier molecular flexibility index (Phi) is 4.92. The van der Waals surface area contributed by atoms with Gasteiger partial charge in [-0.15, -0.1) is 5.10 Å². The average Bonchev–Trinajstić information content (AvgIpc) is 3.49. The van der Waals surface area contributed by atoms with E-state index in [0.29, 0.717) is 35.4 Å². The van der Waals surface area contributed by atoms with Crippen LogP contribution < -0.4 is 4.74 Å². The first-order chi connectivity index (χ1) is 15.6. The minimum absolute atomic E-state index is 0.109. The topological polar surface area (TPSA) is 57.0 Å². The Morgan fingerprint density at radius 2 is 2.09 bits per heavy atom. The van der Waals surface area contributed by atoms with E-state index in [1.807, 2.05) is 4.68 Å². The second kappa shape index (κ2) is 7.71. The number of ketones is 1. The molecular weight excluding hydrogens is 398 g/mol. The zero-order chi connectivity index (χ0) is 21.9. The quantitative estimate of drug-likeness (QED) is 0.621. The summed E-state index contributed by atoms with van der Waals surface area (Å²) >= 11 is 0. The maximum Gasteiger partial charge on any atom is 0.139 e. The largest absolute Gasteiger partial charge is 0.497 e. The number of carbonyl (C=O) groups excluding carboxylic acids is 1. The van der Waals surface area contributed by atoms with Gasteiger partial charge in [-0.05, 0) is 98.3 Å². The fourth-order valence-electron chi connectivity index (χ4n) is 7.51. The molecule has 5 heteroatoms. The molecule has 0 saturated heterocycles. The zero-order valence-electron chi connectivity index (χ0n) is 19.4. The molecule has 5 nitrogen and oxygen atoms in total. The molecule has 1 unspecified atom stereocenters. The van der Waals surface area contributed by atoms with Crippen LogP contribution in [0.5, 0.6) is 5.75 Å². The van der Waals surface area contributed by atoms with E-state index in [2.05, 4.69) is 41.6 Å². The van der Waals surface area contributed by atoms with Crippen molar-refractivity contribution in [3.63, 3.8) is 0 Å². The number of hydrogen-bond acceptors (Lipinski definition) is 4. The molecule has 6 rings (SSSR count). The van der Waals surface area contributed by atoms with Crippen LogP contribution in [0.2, 0.25) is 0 Å². The number of ether oxygens (including phenoxy) is 1. The van der Waals surface area contributed by atoms with Crippen molar-refractivity contribution in [3.05, 3.63) is 41.2 Å². The Hall–Kier alpha value is -2.17. The number of methoxy groups -OCH3 is 1. The molecule has 32 heavy (non-hydrogen) atoms. The van der Waals surface area contributed by atoms with E-state index in [9.17, 15) is 4.79 Å². The van der Waals surface area contributed by atoms with Crippen molar-refractivity contribution in [2.24, 2.45) is 23.2 Å². The summed E-state index contributed by atoms with van der Waals surface area (Å²) in [5.41, 5.74) is 4.05. The van der Waals surface area contributed by atoms with Gasteiger partial charge in [0.15, 0.2) is 0 Å². The van der Waals surface area contributed by atoms with Crippen molar-refractivity contribution in [1.82, 2.24) is 15.0 Å². The molecule has 3 saturated carbocycles. The molecule has 0 radical (unpaired) electrons. The van der Waals surface area contributed by atoms with Crippen LogP contribution in [0, 0.1) is 23.2 Å². The summed E-state index contributed by atoms with van der Waals surface area (Å²) in [5, 5.41) is 8.70. The number of aromatic nitrogens is 3. The van der Waals surface area contributed by atoms with Gasteiger partial charge in [0.2, 0.25) is 0 Å². The normalized spacial score (nSPS) is 33.5. The number of hydrogen-bond donors (Lipinski definition) is 0. The van der Waals surface area contributed by atoms with Gasteiger partial charge in [-0.1, -0.05) is 18.2 Å². The standard InChI is InChI=1S/C27H35N3O2/c1-27-12-11-22-21-10-8-20(32-2)14-18(21)7-9-23(22)26(27)19(15-25(27)31)4-3-13-30-16-24(28-29-30)17-5-6-17/h8,10,14,16-17,19,22-23,26H,3-7,9,11-13,15H2,1-2H3/t19?,22-,23-,26+,27-/m1/s1. The summed E-state index contributed by atoms with van der Waals surface area (Å²) in [6.07, 6.45) is 12.2. The van der Waals surface area contributed by atoms with Gasteiger partial charge < -0.3 is 4.74 Å². The van der Waals surface area contributed by atoms with Crippen LogP contribution in [-0.4, -0.2) is 27.9 Å². The predicted octanol–water partition coefficient (Wildman–Crippen LogP) is 5.30. The minimum atomic E-state index is -0.109. The van der Waals surface area contributed by atoms with Crippen molar-refractivity contribution in [3.8, 4) is 5.75 Å². The summed E-state index contributed by atoms with van der Waals surface area (Å²) in [7, 11) is 1.75. The average molecular weight is 434 g/mol. The molecule has 1 heterocycles. The number of fused-ring (bicyclic) bond motifs is 5. The first kappa shape index (κ1) is 20.4. The van der Waals surface area contributed by atoms with Crippen LogP contribution in [0.15, 0.2) is 24.4 Å². The number of carbonyl (C=O) groups is 1. The summed E-state index contributed by atoms with van der Waals surface area (Å²) < 4.78 is 7.50. The first-order valence-electron chi connectivity index (χ1n) is 12.7. The molecule has 1 aromatic heterocycles. The maximum atomic E-state index is 13.2. The number of nitrogens with zero attached hydrogens (tertiary/aromatic N) is 3. The summed E-state index contributed by atoms with van der Waals surface area (Å²) in [6, 6.07) is 6.67. The van der Waals surface area contributed by atoms with E-state index >= 15 is 0 Å². The van der Waals surface area contributed by atoms with Gasteiger partial charge >= 0.3 is 0 Å². The van der Waals surface area contributed by atoms with E-state index in [-0.39, 0.29) is 5.41 Å². The van der Waals surface area contributed by atoms with E-state index in [1.54, 1.807) is 7.11 Å². The Morgan fingerprint density at radius 1 is 1.22 bits per heavy atom. The van der Waals surface area contributed by atoms with Gasteiger partial charge in [0.05, 0.1) is 12.8 Å². The van der Waals surface area contributed by atoms with Crippen LogP contribution in [0.3, 0.4) is 0 Å². The van der Waals surface area contributed by atoms with Crippen LogP contribution in [0.1, 0.15) is 86.9 Å². The van der Waals surface area contributed by atoms with E-state index in [4.69, 9.17) is 4.74 Å². The van der Waals surface area contributed by atoms with Crippen molar-refractivity contribution in [2.45, 2.75) is 83.1 Å². The molecule has 0 bridgehead atoms. The smallest absolute Gasteiger partial charge is 0.139 e. The molecule has 0 amide bonds. The Morgan fingerprint density at radius 3 is 2.91 bits per heavy atom. The second-order valence-electron chi connectivity index (χ2n) is 11.1. The van der Waals surface area contributed by atoms with Crippen molar-refractivity contribution >= 4 is 5.78 Å². The Labute approximate surface area is 190 Å². The lowest BCUT2D eigenvalue weighted by atomic mass is 9.54. The maximum absolute atomic E-state index is 13.2. The molecule has 3 fully saturated rings. The van der Waals surface area contributed by atoms with Crippen molar-refractivity contribution < 1.29 is 9.53 Å². The predicted molar refractivity (Wildman–Crippen MR) is 123 cm³/mol. The van der Waals surface area contributed by atoms with E-state index in [1.165, 1.54) is 36.1 Å². The van der Waals surface area contributed by atoms with E-state index < -0.39 is 0 Å². The molecule has 2 aromatic rings. The monoisotopic (exact) mass is 433 g/mol.